The van der Waals surface area contributed by atoms with Crippen LogP contribution in [-0.2, 0) is 35.2 Å². The first-order valence-corrected chi connectivity index (χ1v) is 11.0. The summed E-state index contributed by atoms with van der Waals surface area (Å²) >= 11 is 0. The number of phenolic OH excluding ortho intramolecular Hbond substituents is 1. The zero-order valence-electron chi connectivity index (χ0n) is 19.6. The quantitative estimate of drug-likeness (QED) is 0.128. The minimum atomic E-state index is -1.52. The molecule has 36 heavy (non-hydrogen) atoms. The van der Waals surface area contributed by atoms with Crippen LogP contribution in [0.15, 0.2) is 24.3 Å². The number of phenols is 1. The average Bonchev–Trinajstić information content (AvgIpc) is 2.80. The summed E-state index contributed by atoms with van der Waals surface area (Å²) in [4.78, 5) is 70.9. The highest BCUT2D eigenvalue weighted by molar-refractivity contribution is 5.94. The van der Waals surface area contributed by atoms with E-state index in [-0.39, 0.29) is 31.4 Å². The van der Waals surface area contributed by atoms with Crippen molar-refractivity contribution in [2.45, 2.75) is 63.2 Å². The first kappa shape index (κ1) is 29.8. The molecule has 1 aromatic carbocycles. The zero-order valence-corrected chi connectivity index (χ0v) is 19.6. The van der Waals surface area contributed by atoms with E-state index in [9.17, 15) is 39.0 Å². The summed E-state index contributed by atoms with van der Waals surface area (Å²) in [6, 6.07) is 0.604. The van der Waals surface area contributed by atoms with Gasteiger partial charge in [-0.3, -0.25) is 24.0 Å². The number of carboxylic acid groups (broad SMARTS) is 2. The molecule has 14 nitrogen and oxygen atoms in total. The molecule has 0 heterocycles. The summed E-state index contributed by atoms with van der Waals surface area (Å²) in [5, 5.41) is 34.6. The molecule has 4 amide bonds. The SMILES string of the molecule is CC(NC(=O)C(N)CCC(N)=O)C(=O)NC(Cc1ccc(O)cc1)C(=O)NC(CCC(=O)O)C(=O)O. The molecule has 14 heteroatoms. The predicted molar refractivity (Wildman–Crippen MR) is 124 cm³/mol. The topological polar surface area (TPSA) is 251 Å². The molecule has 0 radical (unpaired) electrons. The first-order valence-electron chi connectivity index (χ1n) is 11.0. The molecule has 0 aliphatic carbocycles. The predicted octanol–water partition coefficient (Wildman–Crippen LogP) is -2.05. The summed E-state index contributed by atoms with van der Waals surface area (Å²) in [7, 11) is 0. The largest absolute Gasteiger partial charge is 0.508 e. The zero-order chi connectivity index (χ0) is 27.4. The van der Waals surface area contributed by atoms with Crippen LogP contribution in [0.4, 0.5) is 0 Å². The van der Waals surface area contributed by atoms with Gasteiger partial charge in [0.1, 0.15) is 23.9 Å². The Balaban J connectivity index is 2.95. The molecule has 0 fully saturated rings. The molecule has 0 spiro atoms. The molecule has 0 aromatic heterocycles. The first-order chi connectivity index (χ1) is 16.8. The minimum absolute atomic E-state index is 0.0334. The highest BCUT2D eigenvalue weighted by Crippen LogP contribution is 2.12. The number of carboxylic acids is 2. The number of carbonyl (C=O) groups excluding carboxylic acids is 4. The molecule has 4 atom stereocenters. The second kappa shape index (κ2) is 14.3. The molecular weight excluding hydrogens is 478 g/mol. The van der Waals surface area contributed by atoms with Crippen LogP contribution in [0.25, 0.3) is 0 Å². The van der Waals surface area contributed by atoms with Gasteiger partial charge >= 0.3 is 11.9 Å². The van der Waals surface area contributed by atoms with E-state index in [0.717, 1.165) is 0 Å². The van der Waals surface area contributed by atoms with E-state index in [2.05, 4.69) is 16.0 Å². The van der Waals surface area contributed by atoms with Gasteiger partial charge < -0.3 is 42.7 Å². The van der Waals surface area contributed by atoms with E-state index in [1.807, 2.05) is 0 Å². The van der Waals surface area contributed by atoms with E-state index in [1.54, 1.807) is 0 Å². The van der Waals surface area contributed by atoms with E-state index in [1.165, 1.54) is 31.2 Å². The van der Waals surface area contributed by atoms with Crippen LogP contribution < -0.4 is 27.4 Å². The van der Waals surface area contributed by atoms with Gasteiger partial charge in [0, 0.05) is 19.3 Å². The van der Waals surface area contributed by atoms with Crippen LogP contribution in [0.3, 0.4) is 0 Å². The van der Waals surface area contributed by atoms with Crippen molar-refractivity contribution in [3.8, 4) is 5.75 Å². The van der Waals surface area contributed by atoms with Gasteiger partial charge in [0.2, 0.25) is 23.6 Å². The number of aliphatic carboxylic acids is 2. The Morgan fingerprint density at radius 2 is 1.42 bits per heavy atom. The highest BCUT2D eigenvalue weighted by Gasteiger charge is 2.29. The van der Waals surface area contributed by atoms with Gasteiger partial charge in [-0.15, -0.1) is 0 Å². The van der Waals surface area contributed by atoms with Crippen molar-refractivity contribution < 1.29 is 44.1 Å². The third kappa shape index (κ3) is 10.8. The van der Waals surface area contributed by atoms with Crippen LogP contribution in [0.1, 0.15) is 38.2 Å². The molecule has 0 bridgehead atoms. The van der Waals surface area contributed by atoms with Gasteiger partial charge in [0.15, 0.2) is 0 Å². The number of nitrogens with one attached hydrogen (secondary N) is 3. The van der Waals surface area contributed by atoms with Crippen molar-refractivity contribution in [1.82, 2.24) is 16.0 Å². The summed E-state index contributed by atoms with van der Waals surface area (Å²) in [6.45, 7) is 1.33. The van der Waals surface area contributed by atoms with Crippen molar-refractivity contribution in [2.75, 3.05) is 0 Å². The fourth-order valence-corrected chi connectivity index (χ4v) is 2.99. The van der Waals surface area contributed by atoms with Crippen molar-refractivity contribution in [2.24, 2.45) is 11.5 Å². The molecule has 0 saturated carbocycles. The lowest BCUT2D eigenvalue weighted by molar-refractivity contribution is -0.143. The molecule has 0 aliphatic heterocycles. The number of primary amides is 1. The van der Waals surface area contributed by atoms with Crippen molar-refractivity contribution in [3.63, 3.8) is 0 Å². The molecule has 0 aliphatic rings. The van der Waals surface area contributed by atoms with Crippen LogP contribution >= 0.6 is 0 Å². The third-order valence-corrected chi connectivity index (χ3v) is 5.06. The van der Waals surface area contributed by atoms with E-state index >= 15 is 0 Å². The highest BCUT2D eigenvalue weighted by atomic mass is 16.4. The fraction of sp³-hybridized carbons (Fsp3) is 0.455. The van der Waals surface area contributed by atoms with Crippen LogP contribution in [0, 0.1) is 0 Å². The lowest BCUT2D eigenvalue weighted by Crippen LogP contribution is -2.57. The lowest BCUT2D eigenvalue weighted by Gasteiger charge is -2.24. The normalized spacial score (nSPS) is 13.9. The Hall–Kier alpha value is -4.20. The second-order valence-electron chi connectivity index (χ2n) is 8.11. The summed E-state index contributed by atoms with van der Waals surface area (Å²) in [5.41, 5.74) is 11.2. The number of carbonyl (C=O) groups is 6. The van der Waals surface area contributed by atoms with Crippen LogP contribution in [0.5, 0.6) is 5.75 Å². The molecule has 0 saturated heterocycles. The van der Waals surface area contributed by atoms with Crippen molar-refractivity contribution in [1.29, 1.82) is 0 Å². The number of hydrogen-bond acceptors (Lipinski definition) is 8. The summed E-state index contributed by atoms with van der Waals surface area (Å²) < 4.78 is 0. The number of hydrogen-bond donors (Lipinski definition) is 8. The third-order valence-electron chi connectivity index (χ3n) is 5.06. The van der Waals surface area contributed by atoms with Gasteiger partial charge in [-0.25, -0.2) is 4.79 Å². The molecule has 1 rings (SSSR count). The average molecular weight is 510 g/mol. The Morgan fingerprint density at radius 3 is 1.94 bits per heavy atom. The summed E-state index contributed by atoms with van der Waals surface area (Å²) in [6.07, 6.45) is -1.16. The number of aromatic hydroxyl groups is 1. The monoisotopic (exact) mass is 509 g/mol. The lowest BCUT2D eigenvalue weighted by atomic mass is 10.0. The molecule has 1 aromatic rings. The Bertz CT molecular complexity index is 967. The van der Waals surface area contributed by atoms with Crippen molar-refractivity contribution >= 4 is 35.6 Å². The molecule has 198 valence electrons. The van der Waals surface area contributed by atoms with Gasteiger partial charge in [0.25, 0.3) is 0 Å². The molecule has 4 unspecified atom stereocenters. The molecular formula is C22H31N5O9. The number of benzene rings is 1. The fourth-order valence-electron chi connectivity index (χ4n) is 2.99. The van der Waals surface area contributed by atoms with Gasteiger partial charge in [-0.1, -0.05) is 12.1 Å². The number of rotatable bonds is 15. The maximum Gasteiger partial charge on any atom is 0.326 e. The maximum atomic E-state index is 12.9. The van der Waals surface area contributed by atoms with E-state index in [0.29, 0.717) is 5.56 Å². The minimum Gasteiger partial charge on any atom is -0.508 e. The van der Waals surface area contributed by atoms with Gasteiger partial charge in [0.05, 0.1) is 6.04 Å². The Kier molecular flexibility index (Phi) is 11.8. The number of amides is 4. The standard InChI is InChI=1S/C22H31N5O9/c1-11(25-20(33)14(23)6-8-17(24)29)19(32)27-16(10-12-2-4-13(28)5-3-12)21(34)26-15(22(35)36)7-9-18(30)31/h2-5,11,14-16,28H,6-10,23H2,1H3,(H2,24,29)(H,25,33)(H,26,34)(H,27,32)(H,30,31)(H,35,36). The van der Waals surface area contributed by atoms with Crippen LogP contribution in [0.2, 0.25) is 0 Å². The number of nitrogens with two attached hydrogens (primary N) is 2. The van der Waals surface area contributed by atoms with E-state index in [4.69, 9.17) is 16.6 Å². The summed E-state index contributed by atoms with van der Waals surface area (Å²) in [5.74, 6) is -5.79. The van der Waals surface area contributed by atoms with Gasteiger partial charge in [-0.2, -0.15) is 0 Å². The smallest absolute Gasteiger partial charge is 0.326 e. The molecule has 10 N–H and O–H groups in total. The van der Waals surface area contributed by atoms with Crippen LogP contribution in [-0.4, -0.2) is 75.1 Å². The van der Waals surface area contributed by atoms with Gasteiger partial charge in [-0.05, 0) is 37.5 Å². The second-order valence-corrected chi connectivity index (χ2v) is 8.11. The Labute approximate surface area is 206 Å². The Morgan fingerprint density at radius 1 is 0.833 bits per heavy atom. The maximum absolute atomic E-state index is 12.9. The van der Waals surface area contributed by atoms with Crippen molar-refractivity contribution in [3.05, 3.63) is 29.8 Å². The van der Waals surface area contributed by atoms with E-state index < -0.39 is 66.2 Å².